The Morgan fingerprint density at radius 2 is 2.08 bits per heavy atom. The predicted octanol–water partition coefficient (Wildman–Crippen LogP) is 3.06. The highest BCUT2D eigenvalue weighted by molar-refractivity contribution is 7.09. The average Bonchev–Trinajstić information content (AvgIpc) is 3.05. The Morgan fingerprint density at radius 3 is 2.75 bits per heavy atom. The molecule has 0 bridgehead atoms. The second-order valence-electron chi connectivity index (χ2n) is 5.81. The molecule has 1 aromatic carbocycles. The summed E-state index contributed by atoms with van der Waals surface area (Å²) in [5.74, 6) is 0.836. The first-order chi connectivity index (χ1) is 11.6. The highest BCUT2D eigenvalue weighted by Gasteiger charge is 2.28. The second kappa shape index (κ2) is 7.68. The molecule has 1 aliphatic rings. The van der Waals surface area contributed by atoms with Gasteiger partial charge >= 0.3 is 0 Å². The molecule has 2 aromatic rings. The van der Waals surface area contributed by atoms with Crippen LogP contribution in [0.5, 0.6) is 0 Å². The molecule has 2 heterocycles. The Hall–Kier alpha value is -1.37. The smallest absolute Gasteiger partial charge is 0.237 e. The Kier molecular flexibility index (Phi) is 5.58. The van der Waals surface area contributed by atoms with Crippen molar-refractivity contribution in [2.75, 3.05) is 30.4 Å². The topological polar surface area (TPSA) is 49.3 Å². The minimum Gasteiger partial charge on any atom is -0.343 e. The molecule has 1 amide bonds. The first-order valence-electron chi connectivity index (χ1n) is 7.74. The Bertz CT molecular complexity index is 706. The van der Waals surface area contributed by atoms with Gasteiger partial charge in [-0.05, 0) is 24.6 Å². The zero-order valence-electron chi connectivity index (χ0n) is 13.3. The summed E-state index contributed by atoms with van der Waals surface area (Å²) in [6.07, 6.45) is 0.688. The van der Waals surface area contributed by atoms with Crippen LogP contribution in [0.25, 0.3) is 0 Å². The highest BCUT2D eigenvalue weighted by atomic mass is 35.5. The van der Waals surface area contributed by atoms with E-state index >= 15 is 0 Å². The molecule has 8 heteroatoms. The van der Waals surface area contributed by atoms with E-state index in [1.807, 2.05) is 36.1 Å². The zero-order valence-corrected chi connectivity index (χ0v) is 15.6. The van der Waals surface area contributed by atoms with E-state index in [2.05, 4.69) is 14.3 Å². The SMILES string of the molecule is C[C@@H]1CN(c2nc(Cc3ccc(Cl)cc3)ns2)CCN1C(=O)CCl. The molecule has 1 aliphatic heterocycles. The standard InChI is InChI=1S/C16H18Cl2N4OS/c1-11-10-21(6-7-22(11)15(23)9-17)16-19-14(20-24-16)8-12-2-4-13(18)5-3-12/h2-5,11H,6-10H2,1H3/t11-/m1/s1. The fourth-order valence-electron chi connectivity index (χ4n) is 2.81. The van der Waals surface area contributed by atoms with Gasteiger partial charge in [-0.25, -0.2) is 4.98 Å². The van der Waals surface area contributed by atoms with E-state index in [1.165, 1.54) is 11.5 Å². The maximum Gasteiger partial charge on any atom is 0.237 e. The number of carbonyl (C=O) groups is 1. The van der Waals surface area contributed by atoms with Crippen molar-refractivity contribution in [3.63, 3.8) is 0 Å². The van der Waals surface area contributed by atoms with Gasteiger partial charge in [-0.15, -0.1) is 11.6 Å². The zero-order chi connectivity index (χ0) is 17.1. The van der Waals surface area contributed by atoms with Crippen LogP contribution in [0.15, 0.2) is 24.3 Å². The minimum atomic E-state index is -0.00971. The predicted molar refractivity (Wildman–Crippen MR) is 98.3 cm³/mol. The van der Waals surface area contributed by atoms with Crippen molar-refractivity contribution in [2.24, 2.45) is 0 Å². The lowest BCUT2D eigenvalue weighted by molar-refractivity contribution is -0.130. The lowest BCUT2D eigenvalue weighted by atomic mass is 10.1. The van der Waals surface area contributed by atoms with Crippen LogP contribution in [0.3, 0.4) is 0 Å². The quantitative estimate of drug-likeness (QED) is 0.760. The van der Waals surface area contributed by atoms with E-state index in [0.29, 0.717) is 13.0 Å². The number of alkyl halides is 1. The summed E-state index contributed by atoms with van der Waals surface area (Å²) >= 11 is 13.0. The molecule has 1 fully saturated rings. The summed E-state index contributed by atoms with van der Waals surface area (Å²) in [5, 5.41) is 1.63. The van der Waals surface area contributed by atoms with Gasteiger partial charge in [0.2, 0.25) is 11.0 Å². The molecule has 0 aliphatic carbocycles. The lowest BCUT2D eigenvalue weighted by Gasteiger charge is -2.39. The second-order valence-corrected chi connectivity index (χ2v) is 7.25. The summed E-state index contributed by atoms with van der Waals surface area (Å²) in [6.45, 7) is 4.20. The number of hydrogen-bond acceptors (Lipinski definition) is 5. The number of halogens is 2. The van der Waals surface area contributed by atoms with Gasteiger partial charge in [-0.3, -0.25) is 4.79 Å². The third-order valence-electron chi connectivity index (χ3n) is 4.07. The molecule has 0 saturated carbocycles. The molecule has 0 N–H and O–H groups in total. The van der Waals surface area contributed by atoms with Crippen molar-refractivity contribution in [3.8, 4) is 0 Å². The number of aromatic nitrogens is 2. The number of nitrogens with zero attached hydrogens (tertiary/aromatic N) is 4. The molecule has 1 aromatic heterocycles. The van der Waals surface area contributed by atoms with Crippen LogP contribution < -0.4 is 4.90 Å². The van der Waals surface area contributed by atoms with Gasteiger partial charge in [0.1, 0.15) is 11.7 Å². The number of carbonyl (C=O) groups excluding carboxylic acids is 1. The summed E-state index contributed by atoms with van der Waals surface area (Å²) in [5.41, 5.74) is 1.13. The van der Waals surface area contributed by atoms with Crippen LogP contribution >= 0.6 is 34.7 Å². The maximum absolute atomic E-state index is 11.8. The van der Waals surface area contributed by atoms with Gasteiger partial charge in [0.05, 0.1) is 0 Å². The Labute approximate surface area is 155 Å². The van der Waals surface area contributed by atoms with Crippen LogP contribution in [-0.4, -0.2) is 51.7 Å². The van der Waals surface area contributed by atoms with Crippen molar-refractivity contribution in [3.05, 3.63) is 40.7 Å². The van der Waals surface area contributed by atoms with Crippen LogP contribution in [0.2, 0.25) is 5.02 Å². The molecule has 1 atom stereocenters. The molecule has 5 nitrogen and oxygen atoms in total. The molecule has 3 rings (SSSR count). The van der Waals surface area contributed by atoms with E-state index in [9.17, 15) is 4.79 Å². The summed E-state index contributed by atoms with van der Waals surface area (Å²) in [4.78, 5) is 20.5. The van der Waals surface area contributed by atoms with E-state index in [0.717, 1.165) is 34.6 Å². The van der Waals surface area contributed by atoms with E-state index in [4.69, 9.17) is 23.2 Å². The summed E-state index contributed by atoms with van der Waals surface area (Å²) in [6, 6.07) is 7.84. The third-order valence-corrected chi connectivity index (χ3v) is 5.36. The van der Waals surface area contributed by atoms with Crippen molar-refractivity contribution in [1.82, 2.24) is 14.3 Å². The van der Waals surface area contributed by atoms with Gasteiger partial charge in [-0.2, -0.15) is 4.37 Å². The molecule has 1 saturated heterocycles. The largest absolute Gasteiger partial charge is 0.343 e. The molecule has 0 radical (unpaired) electrons. The van der Waals surface area contributed by atoms with E-state index in [-0.39, 0.29) is 17.8 Å². The first kappa shape index (κ1) is 17.5. The normalized spacial score (nSPS) is 18.0. The van der Waals surface area contributed by atoms with Crippen LogP contribution in [0.4, 0.5) is 5.13 Å². The van der Waals surface area contributed by atoms with Crippen molar-refractivity contribution in [2.45, 2.75) is 19.4 Å². The third kappa shape index (κ3) is 3.99. The molecule has 24 heavy (non-hydrogen) atoms. The molecule has 0 unspecified atom stereocenters. The monoisotopic (exact) mass is 384 g/mol. The summed E-state index contributed by atoms with van der Waals surface area (Å²) in [7, 11) is 0. The Balaban J connectivity index is 1.63. The lowest BCUT2D eigenvalue weighted by Crippen LogP contribution is -2.54. The van der Waals surface area contributed by atoms with Crippen LogP contribution in [-0.2, 0) is 11.2 Å². The molecular weight excluding hydrogens is 367 g/mol. The number of anilines is 1. The molecule has 128 valence electrons. The number of piperazine rings is 1. The van der Waals surface area contributed by atoms with Crippen LogP contribution in [0.1, 0.15) is 18.3 Å². The van der Waals surface area contributed by atoms with Gasteiger partial charge < -0.3 is 9.80 Å². The minimum absolute atomic E-state index is 0.00971. The highest BCUT2D eigenvalue weighted by Crippen LogP contribution is 2.23. The van der Waals surface area contributed by atoms with Gasteiger partial charge in [0, 0.05) is 48.7 Å². The molecule has 0 spiro atoms. The van der Waals surface area contributed by atoms with Crippen molar-refractivity contribution >= 4 is 45.8 Å². The van der Waals surface area contributed by atoms with E-state index in [1.54, 1.807) is 0 Å². The fraction of sp³-hybridized carbons (Fsp3) is 0.438. The number of hydrogen-bond donors (Lipinski definition) is 0. The fourth-order valence-corrected chi connectivity index (χ4v) is 3.81. The average molecular weight is 385 g/mol. The van der Waals surface area contributed by atoms with Gasteiger partial charge in [0.15, 0.2) is 0 Å². The van der Waals surface area contributed by atoms with Crippen molar-refractivity contribution < 1.29 is 4.79 Å². The van der Waals surface area contributed by atoms with Gasteiger partial charge in [0.25, 0.3) is 0 Å². The first-order valence-corrected chi connectivity index (χ1v) is 9.43. The van der Waals surface area contributed by atoms with Crippen LogP contribution in [0, 0.1) is 0 Å². The van der Waals surface area contributed by atoms with E-state index < -0.39 is 0 Å². The Morgan fingerprint density at radius 1 is 1.33 bits per heavy atom. The van der Waals surface area contributed by atoms with Gasteiger partial charge in [-0.1, -0.05) is 23.7 Å². The maximum atomic E-state index is 11.8. The molecular formula is C16H18Cl2N4OS. The number of amides is 1. The summed E-state index contributed by atoms with van der Waals surface area (Å²) < 4.78 is 4.46. The van der Waals surface area contributed by atoms with Crippen molar-refractivity contribution in [1.29, 1.82) is 0 Å². The number of rotatable bonds is 4. The number of benzene rings is 1.